The Morgan fingerprint density at radius 1 is 0.405 bits per heavy atom. The first-order valence-electron chi connectivity index (χ1n) is 14.1. The van der Waals surface area contributed by atoms with Gasteiger partial charge in [0.25, 0.3) is 0 Å². The second-order valence-electron chi connectivity index (χ2n) is 10.1. The highest BCUT2D eigenvalue weighted by molar-refractivity contribution is 8.53. The maximum atomic E-state index is 6.05. The first-order chi connectivity index (χ1) is 20.3. The van der Waals surface area contributed by atoms with Crippen molar-refractivity contribution in [3.8, 4) is 0 Å². The molecule has 6 rings (SSSR count). The minimum Gasteiger partial charge on any atom is -1.00 e. The summed E-state index contributed by atoms with van der Waals surface area (Å²) in [7, 11) is 0. The maximum absolute atomic E-state index is 6.05. The molecule has 0 saturated carbocycles. The van der Waals surface area contributed by atoms with Crippen LogP contribution in [0.25, 0.3) is 0 Å². The summed E-state index contributed by atoms with van der Waals surface area (Å²) in [5, 5.41) is 5.46. The summed E-state index contributed by atoms with van der Waals surface area (Å²) in [5.41, 5.74) is 2.59. The molecule has 6 aromatic rings. The number of nitrogens with zero attached hydrogens (tertiary/aromatic N) is 1. The minimum atomic E-state index is -2.48. The van der Waals surface area contributed by atoms with Crippen molar-refractivity contribution in [3.63, 3.8) is 0 Å². The predicted octanol–water partition coefficient (Wildman–Crippen LogP) is 5.83. The Balaban J connectivity index is 0.00000353. The van der Waals surface area contributed by atoms with E-state index in [1.54, 1.807) is 0 Å². The Kier molecular flexibility index (Phi) is 9.89. The fraction of sp³-hybridized carbons (Fsp3) is 0.0526. The van der Waals surface area contributed by atoms with Gasteiger partial charge in [-0.15, -0.1) is 0 Å². The number of halogens is 1. The van der Waals surface area contributed by atoms with Crippen molar-refractivity contribution in [1.29, 1.82) is 0 Å². The second-order valence-corrected chi connectivity index (χ2v) is 19.3. The van der Waals surface area contributed by atoms with Crippen LogP contribution in [0.4, 0.5) is 0 Å². The fourth-order valence-electron chi connectivity index (χ4n) is 5.82. The zero-order valence-corrected chi connectivity index (χ0v) is 26.0. The van der Waals surface area contributed by atoms with Crippen LogP contribution < -0.4 is 33.6 Å². The molecule has 0 fully saturated rings. The van der Waals surface area contributed by atoms with Gasteiger partial charge in [-0.1, -0.05) is 133 Å². The molecule has 1 nitrogen and oxygen atoms in total. The molecule has 0 radical (unpaired) electrons. The highest BCUT2D eigenvalue weighted by atomic mass is 35.5. The van der Waals surface area contributed by atoms with Crippen LogP contribution in [0, 0.1) is 0 Å². The molecule has 0 aliphatic carbocycles. The Bertz CT molecular complexity index is 1630. The molecule has 0 spiro atoms. The van der Waals surface area contributed by atoms with Gasteiger partial charge in [0.15, 0.2) is 6.74 Å². The van der Waals surface area contributed by atoms with E-state index in [1.165, 1.54) is 32.3 Å². The van der Waals surface area contributed by atoms with Crippen molar-refractivity contribution in [2.75, 3.05) is 0 Å². The molecular formula is C38H34ClNP2. The molecule has 0 aromatic heterocycles. The van der Waals surface area contributed by atoms with Gasteiger partial charge in [-0.3, -0.25) is 4.74 Å². The molecule has 0 aliphatic heterocycles. The predicted molar refractivity (Wildman–Crippen MR) is 181 cm³/mol. The lowest BCUT2D eigenvalue weighted by Gasteiger charge is -2.39. The van der Waals surface area contributed by atoms with E-state index in [1.807, 2.05) is 0 Å². The Morgan fingerprint density at radius 2 is 0.738 bits per heavy atom. The molecule has 0 unspecified atom stereocenters. The van der Waals surface area contributed by atoms with E-state index in [0.717, 1.165) is 6.16 Å². The van der Waals surface area contributed by atoms with Crippen LogP contribution in [-0.4, -0.2) is 0 Å². The summed E-state index contributed by atoms with van der Waals surface area (Å²) in [6, 6.07) is 66.7. The van der Waals surface area contributed by atoms with Gasteiger partial charge in [0.2, 0.25) is 0 Å². The number of benzene rings is 6. The van der Waals surface area contributed by atoms with Gasteiger partial charge in [0.1, 0.15) is 17.6 Å². The first-order valence-corrected chi connectivity index (χ1v) is 18.5. The van der Waals surface area contributed by atoms with Crippen LogP contribution in [-0.2, 0) is 12.7 Å². The van der Waals surface area contributed by atoms with Crippen molar-refractivity contribution in [3.05, 3.63) is 193 Å². The lowest BCUT2D eigenvalue weighted by Crippen LogP contribution is -3.00. The molecule has 6 aromatic carbocycles. The topological polar surface area (TPSA) is 12.4 Å². The summed E-state index contributed by atoms with van der Waals surface area (Å²) in [6.45, 7) is -4.12. The third-order valence-corrected chi connectivity index (χ3v) is 20.9. The number of hydrogen-bond acceptors (Lipinski definition) is 1. The second kappa shape index (κ2) is 14.0. The zero-order valence-electron chi connectivity index (χ0n) is 23.5. The van der Waals surface area contributed by atoms with Crippen molar-refractivity contribution >= 4 is 34.9 Å². The fourth-order valence-corrected chi connectivity index (χ4v) is 20.5. The molecule has 42 heavy (non-hydrogen) atoms. The van der Waals surface area contributed by atoms with Crippen LogP contribution >= 0.6 is 13.7 Å². The van der Waals surface area contributed by atoms with Gasteiger partial charge in [0.05, 0.1) is 12.7 Å². The van der Waals surface area contributed by atoms with Gasteiger partial charge in [-0.05, 0) is 59.7 Å². The minimum absolute atomic E-state index is 0. The molecule has 4 heteroatoms. The largest absolute Gasteiger partial charge is 1.00 e. The van der Waals surface area contributed by atoms with Crippen LogP contribution in [0.5, 0.6) is 0 Å². The van der Waals surface area contributed by atoms with E-state index in [2.05, 4.69) is 182 Å². The standard InChI is InChI=1S/C38H34NP2.ClH/c1-7-19-33(20-8-1)31-39-41(37-27-15-5-16-28-37,38-29-17-6-18-30-38)40(35-23-11-3-12-24-35,36-25-13-4-14-26-36)32-34-21-9-2-10-22-34;/h1-30H,31-32H2;1H/q+1;/p-1. The van der Waals surface area contributed by atoms with Gasteiger partial charge >= 0.3 is 0 Å². The van der Waals surface area contributed by atoms with E-state index in [9.17, 15) is 0 Å². The molecule has 0 heterocycles. The molecule has 0 saturated heterocycles. The Labute approximate surface area is 257 Å². The number of rotatable bonds is 9. The summed E-state index contributed by atoms with van der Waals surface area (Å²) < 4.78 is 6.05. The lowest BCUT2D eigenvalue weighted by atomic mass is 10.2. The third kappa shape index (κ3) is 5.79. The van der Waals surface area contributed by atoms with Crippen LogP contribution in [0.2, 0.25) is 0 Å². The maximum Gasteiger partial charge on any atom is 0.168 e. The van der Waals surface area contributed by atoms with E-state index in [0.29, 0.717) is 6.54 Å². The van der Waals surface area contributed by atoms with Gasteiger partial charge < -0.3 is 12.4 Å². The van der Waals surface area contributed by atoms with E-state index >= 15 is 0 Å². The normalized spacial score (nSPS) is 11.3. The molecule has 0 bridgehead atoms. The van der Waals surface area contributed by atoms with Crippen LogP contribution in [0.1, 0.15) is 11.1 Å². The van der Waals surface area contributed by atoms with Crippen LogP contribution in [0.15, 0.2) is 187 Å². The average Bonchev–Trinajstić information content (AvgIpc) is 3.07. The van der Waals surface area contributed by atoms with Gasteiger partial charge in [-0.2, -0.15) is 0 Å². The summed E-state index contributed by atoms with van der Waals surface area (Å²) in [5.74, 6) is 0. The highest BCUT2D eigenvalue weighted by Crippen LogP contribution is 2.88. The summed E-state index contributed by atoms with van der Waals surface area (Å²) in [6.07, 6.45) is 0.928. The van der Waals surface area contributed by atoms with Crippen LogP contribution in [0.3, 0.4) is 0 Å². The monoisotopic (exact) mass is 601 g/mol. The Morgan fingerprint density at radius 3 is 1.14 bits per heavy atom. The molecule has 0 N–H and O–H groups in total. The molecular weight excluding hydrogens is 568 g/mol. The quantitative estimate of drug-likeness (QED) is 0.185. The SMILES string of the molecule is [Cl-].c1ccc(CN=P(c2ccccc2)(c2ccccc2)[P+](Cc2ccccc2)(c2ccccc2)c2ccccc2)cc1. The van der Waals surface area contributed by atoms with Crippen molar-refractivity contribution in [1.82, 2.24) is 0 Å². The molecule has 0 atom stereocenters. The van der Waals surface area contributed by atoms with Crippen molar-refractivity contribution in [2.24, 2.45) is 4.74 Å². The smallest absolute Gasteiger partial charge is 0.168 e. The average molecular weight is 602 g/mol. The number of hydrogen-bond donors (Lipinski definition) is 0. The third-order valence-electron chi connectivity index (χ3n) is 7.65. The van der Waals surface area contributed by atoms with Crippen molar-refractivity contribution in [2.45, 2.75) is 12.7 Å². The lowest BCUT2D eigenvalue weighted by molar-refractivity contribution is -0.00000791. The molecule has 0 amide bonds. The zero-order chi connectivity index (χ0) is 27.8. The first kappa shape index (κ1) is 29.8. The van der Waals surface area contributed by atoms with Gasteiger partial charge in [0, 0.05) is 10.6 Å². The highest BCUT2D eigenvalue weighted by Gasteiger charge is 2.58. The van der Waals surface area contributed by atoms with E-state index in [4.69, 9.17) is 4.74 Å². The van der Waals surface area contributed by atoms with E-state index in [-0.39, 0.29) is 12.4 Å². The molecule has 0 aliphatic rings. The Hall–Kier alpha value is -3.73. The summed E-state index contributed by atoms with van der Waals surface area (Å²) >= 11 is 0. The van der Waals surface area contributed by atoms with Gasteiger partial charge in [-0.25, -0.2) is 0 Å². The van der Waals surface area contributed by atoms with Crippen molar-refractivity contribution < 1.29 is 12.4 Å². The van der Waals surface area contributed by atoms with E-state index < -0.39 is 13.7 Å². The summed E-state index contributed by atoms with van der Waals surface area (Å²) in [4.78, 5) is 0. The molecule has 208 valence electrons.